The number of nitrogens with zero attached hydrogens (tertiary/aromatic N) is 2. The summed E-state index contributed by atoms with van der Waals surface area (Å²) in [5, 5.41) is 10.2. The average molecular weight is 748 g/mol. The third-order valence-corrected chi connectivity index (χ3v) is 11.8. The topological polar surface area (TPSA) is 102 Å². The second kappa shape index (κ2) is 14.4. The van der Waals surface area contributed by atoms with Crippen LogP contribution in [0.1, 0.15) is 33.6 Å². The summed E-state index contributed by atoms with van der Waals surface area (Å²) in [6.07, 6.45) is 3.64. The molecule has 0 unspecified atom stereocenters. The Morgan fingerprint density at radius 3 is 2.51 bits per heavy atom. The minimum atomic E-state index is -0.326. The molecule has 2 N–H and O–H groups in total. The Labute approximate surface area is 304 Å². The lowest BCUT2D eigenvalue weighted by Gasteiger charge is -2.15. The number of ether oxygens (including phenoxy) is 1. The van der Waals surface area contributed by atoms with Crippen LogP contribution in [0.5, 0.6) is 5.75 Å². The van der Waals surface area contributed by atoms with Gasteiger partial charge in [0.15, 0.2) is 5.16 Å². The second-order valence-electron chi connectivity index (χ2n) is 11.2. The van der Waals surface area contributed by atoms with Crippen molar-refractivity contribution in [3.63, 3.8) is 0 Å². The Morgan fingerprint density at radius 2 is 1.71 bits per heavy atom. The number of halogens is 2. The molecule has 0 aliphatic heterocycles. The van der Waals surface area contributed by atoms with Gasteiger partial charge in [-0.05, 0) is 73.7 Å². The maximum Gasteiger partial charge on any atom is 0.268 e. The van der Waals surface area contributed by atoms with Gasteiger partial charge in [-0.2, -0.15) is 0 Å². The summed E-state index contributed by atoms with van der Waals surface area (Å²) in [5.41, 5.74) is 3.69. The molecule has 3 heterocycles. The van der Waals surface area contributed by atoms with Crippen molar-refractivity contribution in [1.29, 1.82) is 0 Å². The monoisotopic (exact) mass is 746 g/mol. The Bertz CT molecular complexity index is 2280. The molecule has 0 saturated carbocycles. The Hall–Kier alpha value is -4.13. The number of benzene rings is 3. The van der Waals surface area contributed by atoms with E-state index < -0.39 is 0 Å². The number of hydrogen-bond acceptors (Lipinski definition) is 8. The van der Waals surface area contributed by atoms with Crippen molar-refractivity contribution in [2.75, 3.05) is 23.5 Å². The molecular formula is C36H28Cl2N4O4S3. The van der Waals surface area contributed by atoms with Crippen LogP contribution in [0.4, 0.5) is 10.7 Å². The van der Waals surface area contributed by atoms with Crippen LogP contribution < -0.4 is 20.9 Å². The number of aryl methyl sites for hydroxylation is 1. The van der Waals surface area contributed by atoms with Crippen LogP contribution in [-0.2, 0) is 17.6 Å². The number of aromatic nitrogens is 2. The zero-order valence-corrected chi connectivity index (χ0v) is 30.0. The smallest absolute Gasteiger partial charge is 0.268 e. The first-order chi connectivity index (χ1) is 23.8. The van der Waals surface area contributed by atoms with Gasteiger partial charge in [-0.15, -0.1) is 22.7 Å². The fraction of sp³-hybridized carbons (Fsp3) is 0.167. The van der Waals surface area contributed by atoms with E-state index in [0.29, 0.717) is 58.7 Å². The number of nitrogens with one attached hydrogen (secondary N) is 2. The lowest BCUT2D eigenvalue weighted by molar-refractivity contribution is -0.113. The van der Waals surface area contributed by atoms with Crippen molar-refractivity contribution < 1.29 is 14.3 Å². The molecule has 3 aromatic heterocycles. The number of para-hydroxylation sites is 2. The first kappa shape index (κ1) is 33.4. The number of carbonyl (C=O) groups excluding carboxylic acids is 2. The molecule has 6 aromatic rings. The molecule has 3 aromatic carbocycles. The van der Waals surface area contributed by atoms with Gasteiger partial charge in [0.2, 0.25) is 5.91 Å². The molecule has 0 spiro atoms. The van der Waals surface area contributed by atoms with E-state index in [1.807, 2.05) is 35.7 Å². The number of fused-ring (bicyclic) bond motifs is 2. The first-order valence-electron chi connectivity index (χ1n) is 15.4. The zero-order chi connectivity index (χ0) is 34.1. The van der Waals surface area contributed by atoms with E-state index in [1.54, 1.807) is 42.5 Å². The summed E-state index contributed by atoms with van der Waals surface area (Å²) in [6, 6.07) is 21.5. The Morgan fingerprint density at radius 1 is 0.959 bits per heavy atom. The standard InChI is InChI=1S/C36H28Cl2N4O4S3/c1-46-27-12-6-5-11-26(27)42-35(45)31-24(22-8-2-4-10-25(22)38)18-47-33(31)41-36(42)48-19-29(43)40-34-30(23-9-3-7-13-28(23)49-34)32(44)39-21-16-14-20(37)15-17-21/h2,4-6,8,10-12,14-18H,3,7,9,13,19H2,1H3,(H,39,44)(H,40,43). The van der Waals surface area contributed by atoms with Gasteiger partial charge < -0.3 is 15.4 Å². The van der Waals surface area contributed by atoms with E-state index in [1.165, 1.54) is 34.4 Å². The third kappa shape index (κ3) is 6.73. The first-order valence-corrected chi connectivity index (χ1v) is 18.8. The molecule has 248 valence electrons. The second-order valence-corrected chi connectivity index (χ2v) is 15.0. The van der Waals surface area contributed by atoms with Crippen molar-refractivity contribution >= 4 is 90.4 Å². The Kier molecular flexibility index (Phi) is 9.80. The van der Waals surface area contributed by atoms with Crippen LogP contribution in [-0.4, -0.2) is 34.2 Å². The van der Waals surface area contributed by atoms with Gasteiger partial charge in [-0.3, -0.25) is 19.0 Å². The van der Waals surface area contributed by atoms with Gasteiger partial charge in [-0.1, -0.05) is 65.3 Å². The number of thioether (sulfide) groups is 1. The van der Waals surface area contributed by atoms with Gasteiger partial charge in [0, 0.05) is 37.1 Å². The molecule has 0 atom stereocenters. The maximum absolute atomic E-state index is 14.4. The van der Waals surface area contributed by atoms with Gasteiger partial charge in [0.05, 0.1) is 29.5 Å². The minimum absolute atomic E-state index is 0.0589. The Balaban J connectivity index is 1.22. The SMILES string of the molecule is COc1ccccc1-n1c(SCC(=O)Nc2sc3c(c2C(=O)Nc2ccc(Cl)cc2)CCCC3)nc2scc(-c3ccccc3Cl)c2c1=O. The van der Waals surface area contributed by atoms with E-state index in [9.17, 15) is 14.4 Å². The number of thiophene rings is 2. The molecule has 0 fully saturated rings. The van der Waals surface area contributed by atoms with Crippen molar-refractivity contribution in [2.45, 2.75) is 30.8 Å². The van der Waals surface area contributed by atoms with Gasteiger partial charge >= 0.3 is 0 Å². The van der Waals surface area contributed by atoms with E-state index in [-0.39, 0.29) is 23.1 Å². The van der Waals surface area contributed by atoms with Crippen molar-refractivity contribution in [2.24, 2.45) is 0 Å². The molecule has 2 amide bonds. The average Bonchev–Trinajstić information content (AvgIpc) is 3.70. The van der Waals surface area contributed by atoms with Crippen LogP contribution in [0, 0.1) is 0 Å². The van der Waals surface area contributed by atoms with Crippen LogP contribution in [0.2, 0.25) is 10.0 Å². The number of anilines is 2. The molecule has 7 rings (SSSR count). The lowest BCUT2D eigenvalue weighted by atomic mass is 9.95. The summed E-state index contributed by atoms with van der Waals surface area (Å²) >= 11 is 16.5. The number of rotatable bonds is 9. The highest BCUT2D eigenvalue weighted by atomic mass is 35.5. The fourth-order valence-electron chi connectivity index (χ4n) is 5.89. The predicted molar refractivity (Wildman–Crippen MR) is 202 cm³/mol. The number of carbonyl (C=O) groups is 2. The summed E-state index contributed by atoms with van der Waals surface area (Å²) in [6.45, 7) is 0. The van der Waals surface area contributed by atoms with Crippen molar-refractivity contribution in [1.82, 2.24) is 9.55 Å². The van der Waals surface area contributed by atoms with Crippen LogP contribution in [0.15, 0.2) is 88.1 Å². The largest absolute Gasteiger partial charge is 0.495 e. The molecule has 0 saturated heterocycles. The normalized spacial score (nSPS) is 12.5. The van der Waals surface area contributed by atoms with Crippen LogP contribution in [0.25, 0.3) is 27.0 Å². The summed E-state index contributed by atoms with van der Waals surface area (Å²) in [7, 11) is 1.54. The highest BCUT2D eigenvalue weighted by Gasteiger charge is 2.27. The van der Waals surface area contributed by atoms with Crippen LogP contribution in [0.3, 0.4) is 0 Å². The van der Waals surface area contributed by atoms with Gasteiger partial charge in [0.25, 0.3) is 11.5 Å². The van der Waals surface area contributed by atoms with Crippen LogP contribution >= 0.6 is 57.6 Å². The third-order valence-electron chi connectivity index (χ3n) is 8.15. The van der Waals surface area contributed by atoms with E-state index in [2.05, 4.69) is 10.6 Å². The number of hydrogen-bond donors (Lipinski definition) is 2. The fourth-order valence-corrected chi connectivity index (χ4v) is 9.34. The lowest BCUT2D eigenvalue weighted by Crippen LogP contribution is -2.23. The van der Waals surface area contributed by atoms with Gasteiger partial charge in [0.1, 0.15) is 15.6 Å². The molecule has 49 heavy (non-hydrogen) atoms. The van der Waals surface area contributed by atoms with Crippen molar-refractivity contribution in [3.8, 4) is 22.6 Å². The van der Waals surface area contributed by atoms with Crippen molar-refractivity contribution in [3.05, 3.63) is 115 Å². The highest BCUT2D eigenvalue weighted by Crippen LogP contribution is 2.40. The molecule has 0 bridgehead atoms. The van der Waals surface area contributed by atoms with E-state index >= 15 is 0 Å². The number of methoxy groups -OCH3 is 1. The highest BCUT2D eigenvalue weighted by molar-refractivity contribution is 7.99. The minimum Gasteiger partial charge on any atom is -0.495 e. The predicted octanol–water partition coefficient (Wildman–Crippen LogP) is 9.35. The summed E-state index contributed by atoms with van der Waals surface area (Å²) in [5.74, 6) is -0.190. The molecule has 0 radical (unpaired) electrons. The van der Waals surface area contributed by atoms with E-state index in [0.717, 1.165) is 53.4 Å². The summed E-state index contributed by atoms with van der Waals surface area (Å²) in [4.78, 5) is 48.1. The zero-order valence-electron chi connectivity index (χ0n) is 26.0. The summed E-state index contributed by atoms with van der Waals surface area (Å²) < 4.78 is 7.12. The number of amides is 2. The maximum atomic E-state index is 14.4. The van der Waals surface area contributed by atoms with Gasteiger partial charge in [-0.25, -0.2) is 4.98 Å². The molecule has 1 aliphatic rings. The molecule has 13 heteroatoms. The van der Waals surface area contributed by atoms with E-state index in [4.69, 9.17) is 32.9 Å². The molecule has 1 aliphatic carbocycles. The molecule has 8 nitrogen and oxygen atoms in total. The quantitative estimate of drug-likeness (QED) is 0.113. The molecular weight excluding hydrogens is 720 g/mol.